The first-order valence-corrected chi connectivity index (χ1v) is 12.7. The Labute approximate surface area is 176 Å². The third-order valence-electron chi connectivity index (χ3n) is 3.86. The van der Waals surface area contributed by atoms with Gasteiger partial charge in [0, 0.05) is 0 Å². The van der Waals surface area contributed by atoms with Crippen LogP contribution < -0.4 is 0 Å². The fraction of sp³-hybridized carbons (Fsp3) is 0.500. The lowest BCUT2D eigenvalue weighted by atomic mass is 10.1. The quantitative estimate of drug-likeness (QED) is 0.182. The number of nitrogens with zero attached hydrogens (tertiary/aromatic N) is 4. The molecule has 0 aromatic carbocycles. The monoisotopic (exact) mass is 526 g/mol. The molecule has 31 heavy (non-hydrogen) atoms. The van der Waals surface area contributed by atoms with Gasteiger partial charge in [-0.3, -0.25) is 9.09 Å². The molecule has 1 aliphatic heterocycles. The molecule has 21 heteroatoms. The van der Waals surface area contributed by atoms with Crippen molar-refractivity contribution in [3.05, 3.63) is 17.8 Å². The van der Waals surface area contributed by atoms with E-state index in [1.807, 2.05) is 0 Å². The predicted octanol–water partition coefficient (Wildman–Crippen LogP) is -0.772. The molecule has 0 saturated carbocycles. The number of aliphatic hydroxyl groups excluding tert-OH is 1. The van der Waals surface area contributed by atoms with Gasteiger partial charge >= 0.3 is 23.5 Å². The van der Waals surface area contributed by atoms with Crippen LogP contribution in [0.15, 0.2) is 12.7 Å². The van der Waals surface area contributed by atoms with Gasteiger partial charge in [0.1, 0.15) is 24.1 Å². The summed E-state index contributed by atoms with van der Waals surface area (Å²) in [6, 6.07) is 0. The van der Waals surface area contributed by atoms with Gasteiger partial charge in [0.25, 0.3) is 0 Å². The second-order valence-corrected chi connectivity index (χ2v) is 10.8. The zero-order valence-corrected chi connectivity index (χ0v) is 18.2. The van der Waals surface area contributed by atoms with Gasteiger partial charge < -0.3 is 34.5 Å². The van der Waals surface area contributed by atoms with Gasteiger partial charge in [0.15, 0.2) is 16.5 Å². The van der Waals surface area contributed by atoms with Gasteiger partial charge in [-0.15, -0.1) is 0 Å². The van der Waals surface area contributed by atoms with E-state index in [-0.39, 0.29) is 16.3 Å². The fourth-order valence-electron chi connectivity index (χ4n) is 2.62. The minimum Gasteiger partial charge on any atom is -0.385 e. The SMILES string of the molecule is O=P(O)(O)OP(=O)(O)OP(=O)(O)OCC1OCC(O)(n2cnc3c(Cl)ncnc32)C1O. The summed E-state index contributed by atoms with van der Waals surface area (Å²) in [6.07, 6.45) is -1.08. The molecule has 0 bridgehead atoms. The molecule has 0 amide bonds. The van der Waals surface area contributed by atoms with Crippen LogP contribution in [0.1, 0.15) is 0 Å². The Bertz CT molecular complexity index is 1120. The average molecular weight is 527 g/mol. The van der Waals surface area contributed by atoms with Crippen LogP contribution in [0.5, 0.6) is 0 Å². The van der Waals surface area contributed by atoms with Crippen LogP contribution >= 0.6 is 35.1 Å². The van der Waals surface area contributed by atoms with Crippen molar-refractivity contribution < 1.29 is 61.4 Å². The van der Waals surface area contributed by atoms with Crippen molar-refractivity contribution in [3.63, 3.8) is 0 Å². The standard InChI is InChI=1S/C10H14ClN4O13P3/c11-8-6-9(13-3-12-8)15(4-14-6)10(17)2-25-5(7(10)16)1-26-30(21,22)28-31(23,24)27-29(18,19)20/h3-5,7,16-17H,1-2H2,(H,21,22)(H,23,24)(H2,18,19,20). The highest BCUT2D eigenvalue weighted by Gasteiger charge is 2.51. The minimum atomic E-state index is -5.70. The molecular weight excluding hydrogens is 513 g/mol. The molecule has 0 spiro atoms. The highest BCUT2D eigenvalue weighted by molar-refractivity contribution is 7.66. The number of ether oxygens (including phenoxy) is 1. The summed E-state index contributed by atoms with van der Waals surface area (Å²) in [4.78, 5) is 47.1. The number of hydrogen-bond donors (Lipinski definition) is 6. The van der Waals surface area contributed by atoms with E-state index in [1.54, 1.807) is 0 Å². The zero-order chi connectivity index (χ0) is 23.2. The molecule has 3 heterocycles. The molecule has 2 aromatic rings. The van der Waals surface area contributed by atoms with Gasteiger partial charge in [0.2, 0.25) is 0 Å². The van der Waals surface area contributed by atoms with E-state index < -0.39 is 54.6 Å². The van der Waals surface area contributed by atoms with E-state index in [0.717, 1.165) is 17.2 Å². The largest absolute Gasteiger partial charge is 0.490 e. The number of rotatable bonds is 8. The lowest BCUT2D eigenvalue weighted by Crippen LogP contribution is -2.47. The van der Waals surface area contributed by atoms with Crippen LogP contribution in [0.4, 0.5) is 0 Å². The Balaban J connectivity index is 1.70. The molecule has 0 aliphatic carbocycles. The van der Waals surface area contributed by atoms with Gasteiger partial charge in [-0.2, -0.15) is 8.62 Å². The molecule has 3 rings (SSSR count). The van der Waals surface area contributed by atoms with Gasteiger partial charge in [-0.05, 0) is 0 Å². The lowest BCUT2D eigenvalue weighted by Gasteiger charge is -2.28. The number of aliphatic hydroxyl groups is 2. The summed E-state index contributed by atoms with van der Waals surface area (Å²) in [5, 5.41) is 21.3. The normalized spacial score (nSPS) is 28.5. The van der Waals surface area contributed by atoms with Gasteiger partial charge in [0.05, 0.1) is 19.5 Å². The Hall–Kier alpha value is -0.870. The van der Waals surface area contributed by atoms with Crippen LogP contribution in [0.3, 0.4) is 0 Å². The number of hydrogen-bond acceptors (Lipinski definition) is 12. The second-order valence-electron chi connectivity index (χ2n) is 6.01. The molecule has 1 saturated heterocycles. The van der Waals surface area contributed by atoms with E-state index in [2.05, 4.69) is 28.1 Å². The predicted molar refractivity (Wildman–Crippen MR) is 96.1 cm³/mol. The average Bonchev–Trinajstić information content (AvgIpc) is 3.14. The third kappa shape index (κ3) is 5.55. The molecule has 5 atom stereocenters. The number of phosphoric acid groups is 3. The van der Waals surface area contributed by atoms with Crippen molar-refractivity contribution in [2.24, 2.45) is 0 Å². The first-order chi connectivity index (χ1) is 14.1. The lowest BCUT2D eigenvalue weighted by molar-refractivity contribution is -0.109. The van der Waals surface area contributed by atoms with Crippen molar-refractivity contribution in [2.75, 3.05) is 13.2 Å². The molecule has 1 aliphatic rings. The molecule has 1 fully saturated rings. The van der Waals surface area contributed by atoms with Gasteiger partial charge in [-0.1, -0.05) is 11.6 Å². The molecule has 5 unspecified atom stereocenters. The van der Waals surface area contributed by atoms with E-state index in [9.17, 15) is 28.8 Å². The van der Waals surface area contributed by atoms with E-state index in [0.29, 0.717) is 0 Å². The topological polar surface area (TPSA) is 253 Å². The fourth-order valence-corrected chi connectivity index (χ4v) is 5.82. The highest BCUT2D eigenvalue weighted by Crippen LogP contribution is 2.66. The van der Waals surface area contributed by atoms with Crippen molar-refractivity contribution in [1.82, 2.24) is 19.5 Å². The molecule has 17 nitrogen and oxygen atoms in total. The Morgan fingerprint density at radius 2 is 1.84 bits per heavy atom. The molecule has 2 aromatic heterocycles. The second kappa shape index (κ2) is 8.48. The maximum absolute atomic E-state index is 11.8. The summed E-state index contributed by atoms with van der Waals surface area (Å²) in [7, 11) is -16.7. The van der Waals surface area contributed by atoms with E-state index >= 15 is 0 Å². The minimum absolute atomic E-state index is 0.0232. The van der Waals surface area contributed by atoms with Crippen LogP contribution in [0, 0.1) is 0 Å². The summed E-state index contributed by atoms with van der Waals surface area (Å²) < 4.78 is 51.4. The van der Waals surface area contributed by atoms with Gasteiger partial charge in [-0.25, -0.2) is 28.6 Å². The van der Waals surface area contributed by atoms with Crippen molar-refractivity contribution in [2.45, 2.75) is 17.9 Å². The maximum Gasteiger partial charge on any atom is 0.490 e. The summed E-state index contributed by atoms with van der Waals surface area (Å²) in [5.74, 6) is 0. The van der Waals surface area contributed by atoms with Crippen molar-refractivity contribution in [1.29, 1.82) is 0 Å². The first kappa shape index (κ1) is 24.8. The summed E-state index contributed by atoms with van der Waals surface area (Å²) >= 11 is 5.88. The molecule has 6 N–H and O–H groups in total. The van der Waals surface area contributed by atoms with E-state index in [4.69, 9.17) is 31.0 Å². The maximum atomic E-state index is 11.8. The first-order valence-electron chi connectivity index (χ1n) is 7.78. The number of aromatic nitrogens is 4. The van der Waals surface area contributed by atoms with Crippen molar-refractivity contribution in [3.8, 4) is 0 Å². The van der Waals surface area contributed by atoms with Crippen LogP contribution in [0.2, 0.25) is 5.15 Å². The zero-order valence-electron chi connectivity index (χ0n) is 14.8. The highest BCUT2D eigenvalue weighted by atomic mass is 35.5. The number of phosphoric ester groups is 1. The number of halogens is 1. The van der Waals surface area contributed by atoms with Crippen LogP contribution in [-0.2, 0) is 37.3 Å². The van der Waals surface area contributed by atoms with Crippen LogP contribution in [0.25, 0.3) is 11.2 Å². The van der Waals surface area contributed by atoms with Crippen molar-refractivity contribution >= 4 is 46.2 Å². The molecule has 0 radical (unpaired) electrons. The molecule has 174 valence electrons. The van der Waals surface area contributed by atoms with E-state index in [1.165, 1.54) is 0 Å². The molecular formula is C10H14ClN4O13P3. The Morgan fingerprint density at radius 3 is 2.48 bits per heavy atom. The number of fused-ring (bicyclic) bond motifs is 1. The number of imidazole rings is 1. The summed E-state index contributed by atoms with van der Waals surface area (Å²) in [5.41, 5.74) is -2.02. The Kier molecular flexibility index (Phi) is 6.78. The van der Waals surface area contributed by atoms with Crippen LogP contribution in [-0.4, -0.2) is 74.7 Å². The third-order valence-corrected chi connectivity index (χ3v) is 7.94. The Morgan fingerprint density at radius 1 is 1.16 bits per heavy atom. The summed E-state index contributed by atoms with van der Waals surface area (Å²) in [6.45, 7) is -1.53. The smallest absolute Gasteiger partial charge is 0.385 e.